The van der Waals surface area contributed by atoms with Gasteiger partial charge in [-0.15, -0.1) is 0 Å². The van der Waals surface area contributed by atoms with Crippen LogP contribution in [0, 0.1) is 0 Å². The van der Waals surface area contributed by atoms with Crippen molar-refractivity contribution in [1.82, 2.24) is 10.2 Å². The van der Waals surface area contributed by atoms with Crippen molar-refractivity contribution in [2.45, 2.75) is 12.4 Å². The molecular weight excluding hydrogens is 528 g/mol. The molecule has 0 aromatic heterocycles. The highest BCUT2D eigenvalue weighted by molar-refractivity contribution is 8.18. The summed E-state index contributed by atoms with van der Waals surface area (Å²) in [6.45, 7) is 0.970. The number of hydrogen-bond donors (Lipinski definition) is 1. The Kier molecular flexibility index (Phi) is 7.13. The number of piperazine rings is 1. The highest BCUT2D eigenvalue weighted by Gasteiger charge is 2.39. The predicted molar refractivity (Wildman–Crippen MR) is 122 cm³/mol. The Balaban J connectivity index is 1.57. The number of ether oxygens (including phenoxy) is 2. The molecule has 2 aromatic rings. The van der Waals surface area contributed by atoms with Gasteiger partial charge in [-0.05, 0) is 53.7 Å². The van der Waals surface area contributed by atoms with E-state index in [1.165, 1.54) is 31.4 Å². The van der Waals surface area contributed by atoms with E-state index >= 15 is 0 Å². The zero-order chi connectivity index (χ0) is 27.0. The number of nitrogens with one attached hydrogen (secondary N) is 1. The van der Waals surface area contributed by atoms with Gasteiger partial charge in [-0.25, -0.2) is 0 Å². The molecule has 2 aliphatic rings. The monoisotopic (exact) mass is 545 g/mol. The Morgan fingerprint density at radius 1 is 1.00 bits per heavy atom. The van der Waals surface area contributed by atoms with Crippen LogP contribution in [0.15, 0.2) is 46.3 Å². The largest absolute Gasteiger partial charge is 0.493 e. The van der Waals surface area contributed by atoms with Crippen LogP contribution in [0.3, 0.4) is 0 Å². The van der Waals surface area contributed by atoms with E-state index in [2.05, 4.69) is 10.3 Å². The van der Waals surface area contributed by atoms with Crippen LogP contribution in [0.25, 0.3) is 6.08 Å². The van der Waals surface area contributed by atoms with E-state index in [0.29, 0.717) is 36.0 Å². The number of thioether (sulfide) groups is 1. The van der Waals surface area contributed by atoms with Gasteiger partial charge < -0.3 is 19.7 Å². The molecule has 0 radical (unpaired) electrons. The predicted octanol–water partition coefficient (Wildman–Crippen LogP) is 4.93. The maximum atomic E-state index is 13.5. The van der Waals surface area contributed by atoms with E-state index in [1.807, 2.05) is 0 Å². The number of halogens is 6. The van der Waals surface area contributed by atoms with E-state index < -0.39 is 35.1 Å². The molecule has 2 aromatic carbocycles. The van der Waals surface area contributed by atoms with Crippen molar-refractivity contribution in [3.8, 4) is 17.2 Å². The van der Waals surface area contributed by atoms with E-state index in [4.69, 9.17) is 9.47 Å². The van der Waals surface area contributed by atoms with Crippen molar-refractivity contribution < 1.29 is 45.4 Å². The summed E-state index contributed by atoms with van der Waals surface area (Å²) in [4.78, 5) is 29.8. The van der Waals surface area contributed by atoms with Gasteiger partial charge in [0.1, 0.15) is 5.75 Å². The second-order valence-electron chi connectivity index (χ2n) is 7.80. The van der Waals surface area contributed by atoms with Crippen molar-refractivity contribution in [3.63, 3.8) is 0 Å². The van der Waals surface area contributed by atoms with Crippen LogP contribution in [0.1, 0.15) is 16.7 Å². The minimum absolute atomic E-state index is 0.0208. The fraction of sp³-hybridized carbons (Fsp3) is 0.261. The summed E-state index contributed by atoms with van der Waals surface area (Å²) in [6, 6.07) is 5.15. The van der Waals surface area contributed by atoms with Gasteiger partial charge in [0.05, 0.1) is 29.7 Å². The van der Waals surface area contributed by atoms with E-state index in [1.54, 1.807) is 4.90 Å². The van der Waals surface area contributed by atoms with Gasteiger partial charge in [-0.3, -0.25) is 9.59 Å². The normalized spacial score (nSPS) is 17.6. The van der Waals surface area contributed by atoms with Gasteiger partial charge in [0.25, 0.3) is 5.91 Å². The van der Waals surface area contributed by atoms with Gasteiger partial charge in [0, 0.05) is 13.1 Å². The number of carbonyl (C=O) groups excluding carboxylic acids is 2. The Morgan fingerprint density at radius 3 is 2.38 bits per heavy atom. The van der Waals surface area contributed by atoms with Crippen LogP contribution in [0.5, 0.6) is 17.2 Å². The lowest BCUT2D eigenvalue weighted by atomic mass is 10.1. The minimum atomic E-state index is -5.11. The first-order valence-corrected chi connectivity index (χ1v) is 11.4. The number of carbonyl (C=O) groups is 2. The Morgan fingerprint density at radius 2 is 1.73 bits per heavy atom. The van der Waals surface area contributed by atoms with Gasteiger partial charge >= 0.3 is 12.4 Å². The third kappa shape index (κ3) is 6.01. The topological polar surface area (TPSA) is 80.2 Å². The maximum absolute atomic E-state index is 13.5. The number of alkyl halides is 6. The number of hydrogen-bond acceptors (Lipinski definition) is 6. The molecule has 37 heavy (non-hydrogen) atoms. The Labute approximate surface area is 210 Å². The number of amidine groups is 1. The third-order valence-electron chi connectivity index (χ3n) is 5.24. The molecule has 4 rings (SSSR count). The molecule has 7 nitrogen and oxygen atoms in total. The molecule has 1 fully saturated rings. The molecule has 0 saturated carbocycles. The first-order valence-electron chi connectivity index (χ1n) is 10.5. The Bertz CT molecular complexity index is 1310. The highest BCUT2D eigenvalue weighted by atomic mass is 32.2. The molecular formula is C23H17F6N3O4S. The number of amides is 2. The summed E-state index contributed by atoms with van der Waals surface area (Å²) < 4.78 is 89.7. The number of aliphatic imine (C=N–C) groups is 1. The summed E-state index contributed by atoms with van der Waals surface area (Å²) in [7, 11) is 1.23. The summed E-state index contributed by atoms with van der Waals surface area (Å²) in [5.74, 6) is -1.76. The fourth-order valence-corrected chi connectivity index (χ4v) is 4.42. The van der Waals surface area contributed by atoms with E-state index in [9.17, 15) is 35.9 Å². The van der Waals surface area contributed by atoms with Gasteiger partial charge in [-0.2, -0.15) is 31.3 Å². The summed E-state index contributed by atoms with van der Waals surface area (Å²) in [5.41, 5.74) is -2.64. The number of benzene rings is 2. The number of nitrogens with zero attached hydrogens (tertiary/aromatic N) is 2. The molecule has 0 spiro atoms. The van der Waals surface area contributed by atoms with Crippen LogP contribution < -0.4 is 14.8 Å². The van der Waals surface area contributed by atoms with Crippen molar-refractivity contribution in [3.05, 3.63) is 58.0 Å². The summed E-state index contributed by atoms with van der Waals surface area (Å²) in [5, 5.41) is 3.05. The molecule has 2 aliphatic heterocycles. The van der Waals surface area contributed by atoms with Gasteiger partial charge in [0.2, 0.25) is 5.91 Å². The van der Waals surface area contributed by atoms with Gasteiger partial charge in [0.15, 0.2) is 16.7 Å². The van der Waals surface area contributed by atoms with Crippen molar-refractivity contribution in [2.75, 3.05) is 26.7 Å². The minimum Gasteiger partial charge on any atom is -0.493 e. The number of rotatable bonds is 4. The molecule has 2 heterocycles. The molecule has 14 heteroatoms. The zero-order valence-corrected chi connectivity index (χ0v) is 19.7. The average molecular weight is 545 g/mol. The first kappa shape index (κ1) is 26.4. The second-order valence-corrected chi connectivity index (χ2v) is 8.81. The molecule has 196 valence electrons. The molecule has 0 unspecified atom stereocenters. The smallest absolute Gasteiger partial charge is 0.420 e. The van der Waals surface area contributed by atoms with Crippen LogP contribution in [0.2, 0.25) is 0 Å². The Hall–Kier alpha value is -3.68. The average Bonchev–Trinajstić information content (AvgIpc) is 3.19. The lowest BCUT2D eigenvalue weighted by molar-refractivity contribution is -0.143. The fourth-order valence-electron chi connectivity index (χ4n) is 3.48. The quantitative estimate of drug-likeness (QED) is 0.434. The lowest BCUT2D eigenvalue weighted by Crippen LogP contribution is -2.49. The van der Waals surface area contributed by atoms with Crippen molar-refractivity contribution in [2.24, 2.45) is 4.99 Å². The van der Waals surface area contributed by atoms with Crippen molar-refractivity contribution in [1.29, 1.82) is 0 Å². The highest BCUT2D eigenvalue weighted by Crippen LogP contribution is 2.43. The van der Waals surface area contributed by atoms with Crippen LogP contribution >= 0.6 is 11.8 Å². The lowest BCUT2D eigenvalue weighted by Gasteiger charge is -2.27. The number of methoxy groups -OCH3 is 1. The third-order valence-corrected chi connectivity index (χ3v) is 6.28. The van der Waals surface area contributed by atoms with E-state index in [0.717, 1.165) is 11.8 Å². The zero-order valence-electron chi connectivity index (χ0n) is 18.9. The molecule has 1 saturated heterocycles. The SMILES string of the molecule is COc1cc(C=C2SC(N3CCNC(=O)C3)=NC2=O)ccc1Oc1ccc(C(F)(F)F)cc1C(F)(F)F. The van der Waals surface area contributed by atoms with Crippen LogP contribution in [0.4, 0.5) is 26.3 Å². The standard InChI is InChI=1S/C23H17F6N3O4S/c1-35-17-8-12(9-18-20(34)31-21(37-18)32-7-6-30-19(33)11-32)2-4-16(17)36-15-5-3-13(22(24,25)26)10-14(15)23(27,28)29/h2-5,8-10H,6-7,11H2,1H3,(H,30,33). The molecule has 0 atom stereocenters. The molecule has 0 bridgehead atoms. The maximum Gasteiger partial charge on any atom is 0.420 e. The van der Waals surface area contributed by atoms with Crippen LogP contribution in [-0.4, -0.2) is 48.6 Å². The molecule has 2 amide bonds. The van der Waals surface area contributed by atoms with E-state index in [-0.39, 0.29) is 34.9 Å². The van der Waals surface area contributed by atoms with Crippen molar-refractivity contribution >= 4 is 34.8 Å². The van der Waals surface area contributed by atoms with Gasteiger partial charge in [-0.1, -0.05) is 6.07 Å². The molecule has 1 N–H and O–H groups in total. The molecule has 0 aliphatic carbocycles. The van der Waals surface area contributed by atoms with Crippen LogP contribution in [-0.2, 0) is 21.9 Å². The summed E-state index contributed by atoms with van der Waals surface area (Å²) in [6.07, 6.45) is -8.59. The second kappa shape index (κ2) is 10.00. The summed E-state index contributed by atoms with van der Waals surface area (Å²) >= 11 is 1.07. The first-order chi connectivity index (χ1) is 17.3.